The van der Waals surface area contributed by atoms with Crippen LogP contribution >= 0.6 is 23.2 Å². The topological polar surface area (TPSA) is 90.8 Å². The zero-order valence-corrected chi connectivity index (χ0v) is 23.9. The Labute approximate surface area is 239 Å². The van der Waals surface area contributed by atoms with Gasteiger partial charge in [-0.25, -0.2) is 17.2 Å². The number of amides is 1. The first-order valence-corrected chi connectivity index (χ1v) is 14.6. The van der Waals surface area contributed by atoms with E-state index >= 15 is 0 Å². The molecule has 3 aromatic carbocycles. The summed E-state index contributed by atoms with van der Waals surface area (Å²) in [5.41, 5.74) is 2.42. The first-order valence-electron chi connectivity index (χ1n) is 12.0. The number of fused-ring (bicyclic) bond motifs is 2. The van der Waals surface area contributed by atoms with Crippen LogP contribution in [0, 0.1) is 18.6 Å². The number of aromatic hydroxyl groups is 1. The normalized spacial score (nSPS) is 13.3. The Balaban J connectivity index is 1.65. The molecule has 1 amide bonds. The number of pyridine rings is 1. The Bertz CT molecular complexity index is 1830. The van der Waals surface area contributed by atoms with Crippen LogP contribution < -0.4 is 4.31 Å². The maximum atomic E-state index is 14.7. The molecule has 0 spiro atoms. The van der Waals surface area contributed by atoms with E-state index in [1.807, 2.05) is 0 Å². The van der Waals surface area contributed by atoms with Crippen LogP contribution in [0.4, 0.5) is 14.5 Å². The highest BCUT2D eigenvalue weighted by atomic mass is 35.5. The molecule has 0 saturated carbocycles. The lowest BCUT2D eigenvalue weighted by molar-refractivity contribution is 0.0764. The second kappa shape index (κ2) is 10.2. The highest BCUT2D eigenvalue weighted by Crippen LogP contribution is 2.45. The molecule has 0 unspecified atom stereocenters. The van der Waals surface area contributed by atoms with Crippen LogP contribution in [0.15, 0.2) is 42.6 Å². The van der Waals surface area contributed by atoms with Crippen molar-refractivity contribution in [2.45, 2.75) is 26.4 Å². The lowest BCUT2D eigenvalue weighted by Crippen LogP contribution is -2.26. The molecule has 5 rings (SSSR count). The van der Waals surface area contributed by atoms with Crippen LogP contribution in [0.3, 0.4) is 0 Å². The Morgan fingerprint density at radius 3 is 2.48 bits per heavy atom. The average Bonchev–Trinajstić information content (AvgIpc) is 3.19. The summed E-state index contributed by atoms with van der Waals surface area (Å²) in [5, 5.41) is 11.8. The van der Waals surface area contributed by atoms with Crippen LogP contribution in [-0.4, -0.2) is 42.6 Å². The Hall–Kier alpha value is -3.47. The molecule has 1 N–H and O–H groups in total. The molecule has 1 aromatic heterocycles. The van der Waals surface area contributed by atoms with Gasteiger partial charge in [0.2, 0.25) is 10.0 Å². The van der Waals surface area contributed by atoms with E-state index in [4.69, 9.17) is 23.2 Å². The quantitative estimate of drug-likeness (QED) is 0.292. The zero-order valence-electron chi connectivity index (χ0n) is 21.6. The highest BCUT2D eigenvalue weighted by Gasteiger charge is 2.37. The number of carbonyl (C=O) groups is 1. The maximum absolute atomic E-state index is 14.7. The number of halogens is 4. The van der Waals surface area contributed by atoms with E-state index < -0.39 is 33.3 Å². The van der Waals surface area contributed by atoms with Crippen molar-refractivity contribution in [2.24, 2.45) is 0 Å². The van der Waals surface area contributed by atoms with Gasteiger partial charge in [-0.05, 0) is 59.5 Å². The monoisotopic (exact) mass is 605 g/mol. The smallest absolute Gasteiger partial charge is 0.258 e. The number of benzene rings is 3. The number of aryl methyl sites for hydroxylation is 1. The minimum absolute atomic E-state index is 0.0236. The number of aromatic nitrogens is 1. The largest absolute Gasteiger partial charge is 0.505 e. The number of hydrogen-bond acceptors (Lipinski definition) is 5. The summed E-state index contributed by atoms with van der Waals surface area (Å²) in [4.78, 5) is 19.2. The Morgan fingerprint density at radius 1 is 1.07 bits per heavy atom. The number of hydrogen-bond donors (Lipinski definition) is 1. The van der Waals surface area contributed by atoms with Gasteiger partial charge < -0.3 is 10.0 Å². The number of nitrogens with zero attached hydrogens (tertiary/aromatic N) is 3. The SMILES string of the molecule is Cc1cc(F)c(Cc2cnc3c(O)c4c(c(N(C)S(C)(=O)=O)c3c2)CN(Cc2ccc(F)c(Cl)c2)C4=O)cc1Cl. The molecule has 0 aliphatic carbocycles. The minimum atomic E-state index is -3.82. The number of sulfonamides is 1. The molecule has 0 bridgehead atoms. The highest BCUT2D eigenvalue weighted by molar-refractivity contribution is 7.92. The van der Waals surface area contributed by atoms with Crippen molar-refractivity contribution in [1.29, 1.82) is 0 Å². The predicted octanol–water partition coefficient (Wildman–Crippen LogP) is 5.98. The van der Waals surface area contributed by atoms with Gasteiger partial charge in [-0.2, -0.15) is 0 Å². The molecule has 1 aliphatic heterocycles. The van der Waals surface area contributed by atoms with Crippen LogP contribution in [0.25, 0.3) is 10.9 Å². The molecule has 1 aliphatic rings. The molecule has 40 heavy (non-hydrogen) atoms. The van der Waals surface area contributed by atoms with Crippen molar-refractivity contribution in [1.82, 2.24) is 9.88 Å². The van der Waals surface area contributed by atoms with Gasteiger partial charge in [0.1, 0.15) is 17.2 Å². The van der Waals surface area contributed by atoms with Crippen molar-refractivity contribution in [3.05, 3.63) is 97.7 Å². The summed E-state index contributed by atoms with van der Waals surface area (Å²) in [6.45, 7) is 1.70. The number of rotatable bonds is 6. The second-order valence-corrected chi connectivity index (χ2v) is 12.6. The van der Waals surface area contributed by atoms with Crippen molar-refractivity contribution in [2.75, 3.05) is 17.6 Å². The first-order chi connectivity index (χ1) is 18.8. The summed E-state index contributed by atoms with van der Waals surface area (Å²) >= 11 is 12.1. The Morgan fingerprint density at radius 2 is 1.80 bits per heavy atom. The molecule has 2 heterocycles. The fourth-order valence-corrected chi connectivity index (χ4v) is 5.81. The predicted molar refractivity (Wildman–Crippen MR) is 151 cm³/mol. The summed E-state index contributed by atoms with van der Waals surface area (Å²) in [7, 11) is -2.47. The van der Waals surface area contributed by atoms with Gasteiger partial charge in [-0.3, -0.25) is 14.1 Å². The van der Waals surface area contributed by atoms with Crippen LogP contribution in [0.1, 0.15) is 38.2 Å². The van der Waals surface area contributed by atoms with Crippen LogP contribution in [0.2, 0.25) is 10.0 Å². The van der Waals surface area contributed by atoms with Gasteiger partial charge in [0.15, 0.2) is 5.75 Å². The summed E-state index contributed by atoms with van der Waals surface area (Å²) in [6, 6.07) is 8.56. The Kier molecular flexibility index (Phi) is 7.14. The molecule has 208 valence electrons. The zero-order chi connectivity index (χ0) is 29.1. The van der Waals surface area contributed by atoms with E-state index in [-0.39, 0.29) is 46.7 Å². The molecular formula is C28H23Cl2F2N3O4S. The van der Waals surface area contributed by atoms with Crippen molar-refractivity contribution < 1.29 is 27.1 Å². The van der Waals surface area contributed by atoms with Gasteiger partial charge in [-0.1, -0.05) is 29.3 Å². The molecule has 0 radical (unpaired) electrons. The average molecular weight is 606 g/mol. The lowest BCUT2D eigenvalue weighted by Gasteiger charge is -2.23. The summed E-state index contributed by atoms with van der Waals surface area (Å²) in [6.07, 6.45) is 2.56. The number of phenols is 1. The van der Waals surface area contributed by atoms with Crippen molar-refractivity contribution in [3.8, 4) is 5.75 Å². The van der Waals surface area contributed by atoms with E-state index in [1.165, 1.54) is 48.5 Å². The first kappa shape index (κ1) is 28.1. The molecule has 0 atom stereocenters. The third kappa shape index (κ3) is 4.95. The maximum Gasteiger partial charge on any atom is 0.258 e. The van der Waals surface area contributed by atoms with Gasteiger partial charge in [-0.15, -0.1) is 0 Å². The van der Waals surface area contributed by atoms with E-state index in [1.54, 1.807) is 13.0 Å². The molecule has 0 fully saturated rings. The number of phenolic OH excluding ortho intramolecular Hbond substituents is 1. The fourth-order valence-electron chi connectivity index (χ4n) is 4.88. The van der Waals surface area contributed by atoms with Gasteiger partial charge in [0, 0.05) is 48.7 Å². The molecule has 7 nitrogen and oxygen atoms in total. The minimum Gasteiger partial charge on any atom is -0.505 e. The van der Waals surface area contributed by atoms with Gasteiger partial charge in [0.05, 0.1) is 22.5 Å². The van der Waals surface area contributed by atoms with Gasteiger partial charge in [0.25, 0.3) is 5.91 Å². The molecule has 4 aromatic rings. The molecule has 0 saturated heterocycles. The van der Waals surface area contributed by atoms with Crippen LogP contribution in [0.5, 0.6) is 5.75 Å². The van der Waals surface area contributed by atoms with Crippen LogP contribution in [-0.2, 0) is 29.5 Å². The van der Waals surface area contributed by atoms with Gasteiger partial charge >= 0.3 is 0 Å². The summed E-state index contributed by atoms with van der Waals surface area (Å²) < 4.78 is 54.8. The molecule has 12 heteroatoms. The third-order valence-corrected chi connectivity index (χ3v) is 8.86. The third-order valence-electron chi connectivity index (χ3n) is 6.99. The fraction of sp³-hybridized carbons (Fsp3) is 0.214. The summed E-state index contributed by atoms with van der Waals surface area (Å²) in [5.74, 6) is -1.98. The van der Waals surface area contributed by atoms with E-state index in [0.717, 1.165) is 10.6 Å². The van der Waals surface area contributed by atoms with E-state index in [0.29, 0.717) is 32.8 Å². The second-order valence-electron chi connectivity index (χ2n) is 9.80. The molecular weight excluding hydrogens is 583 g/mol. The standard InChI is InChI=1S/C28H23Cl2F2N3O4S/c1-14-6-23(32)17(10-20(14)29)7-16-8-18-25(33-11-16)27(36)24-19(26(18)34(2)40(3,38)39)13-35(28(24)37)12-15-4-5-22(31)21(30)9-15/h4-6,8-11,36H,7,12-13H2,1-3H3. The van der Waals surface area contributed by atoms with E-state index in [2.05, 4.69) is 4.98 Å². The number of carbonyl (C=O) groups excluding carboxylic acids is 1. The van der Waals surface area contributed by atoms with E-state index in [9.17, 15) is 27.1 Å². The van der Waals surface area contributed by atoms with Crippen molar-refractivity contribution in [3.63, 3.8) is 0 Å². The lowest BCUT2D eigenvalue weighted by atomic mass is 9.98. The number of anilines is 1. The van der Waals surface area contributed by atoms with Crippen molar-refractivity contribution >= 4 is 55.7 Å².